The molecule has 0 atom stereocenters. The predicted molar refractivity (Wildman–Crippen MR) is 107 cm³/mol. The van der Waals surface area contributed by atoms with Crippen molar-refractivity contribution in [1.29, 1.82) is 0 Å². The molecule has 0 saturated heterocycles. The van der Waals surface area contributed by atoms with Gasteiger partial charge in [0.25, 0.3) is 0 Å². The molecule has 0 amide bonds. The van der Waals surface area contributed by atoms with E-state index in [1.165, 1.54) is 11.1 Å². The average Bonchev–Trinajstić information content (AvgIpc) is 2.65. The lowest BCUT2D eigenvalue weighted by Gasteiger charge is -2.14. The molecular formula is C23H25N. The Labute approximate surface area is 145 Å². The Kier molecular flexibility index (Phi) is 6.39. The van der Waals surface area contributed by atoms with Crippen molar-refractivity contribution >= 4 is 5.69 Å². The molecule has 0 radical (unpaired) electrons. The molecule has 0 aliphatic carbocycles. The molecule has 1 heteroatoms. The number of nitrogens with one attached hydrogen (secondary N) is 1. The van der Waals surface area contributed by atoms with Crippen molar-refractivity contribution < 1.29 is 0 Å². The zero-order valence-electron chi connectivity index (χ0n) is 14.7. The first-order valence-corrected chi connectivity index (χ1v) is 8.24. The summed E-state index contributed by atoms with van der Waals surface area (Å²) in [5.41, 5.74) is 6.90. The van der Waals surface area contributed by atoms with Crippen LogP contribution in [0.25, 0.3) is 11.1 Å². The van der Waals surface area contributed by atoms with Crippen molar-refractivity contribution in [1.82, 2.24) is 0 Å². The molecule has 24 heavy (non-hydrogen) atoms. The molecule has 2 aromatic carbocycles. The van der Waals surface area contributed by atoms with Crippen molar-refractivity contribution in [3.63, 3.8) is 0 Å². The summed E-state index contributed by atoms with van der Waals surface area (Å²) in [6.45, 7) is 10.0. The Morgan fingerprint density at radius 3 is 2.08 bits per heavy atom. The Morgan fingerprint density at radius 2 is 1.54 bits per heavy atom. The average molecular weight is 315 g/mol. The van der Waals surface area contributed by atoms with E-state index in [1.807, 2.05) is 32.1 Å². The smallest absolute Gasteiger partial charge is 0.0417 e. The van der Waals surface area contributed by atoms with Gasteiger partial charge in [0.1, 0.15) is 0 Å². The summed E-state index contributed by atoms with van der Waals surface area (Å²) in [5.74, 6) is 0. The highest BCUT2D eigenvalue weighted by molar-refractivity contribution is 5.67. The van der Waals surface area contributed by atoms with Gasteiger partial charge in [0.2, 0.25) is 0 Å². The maximum Gasteiger partial charge on any atom is 0.0417 e. The molecular weight excluding hydrogens is 290 g/mol. The molecule has 2 rings (SSSR count). The van der Waals surface area contributed by atoms with E-state index < -0.39 is 0 Å². The van der Waals surface area contributed by atoms with Gasteiger partial charge in [-0.2, -0.15) is 0 Å². The lowest BCUT2D eigenvalue weighted by atomic mass is 10.0. The van der Waals surface area contributed by atoms with E-state index in [4.69, 9.17) is 0 Å². The summed E-state index contributed by atoms with van der Waals surface area (Å²) < 4.78 is 0. The second kappa shape index (κ2) is 8.73. The molecule has 1 nitrogen and oxygen atoms in total. The number of hydrogen-bond acceptors (Lipinski definition) is 1. The van der Waals surface area contributed by atoms with Crippen LogP contribution in [0.4, 0.5) is 5.69 Å². The molecule has 0 aliphatic rings. The van der Waals surface area contributed by atoms with Gasteiger partial charge in [-0.15, -0.1) is 0 Å². The predicted octanol–water partition coefficient (Wildman–Crippen LogP) is 6.75. The zero-order valence-corrected chi connectivity index (χ0v) is 14.7. The Morgan fingerprint density at radius 1 is 0.917 bits per heavy atom. The largest absolute Gasteiger partial charge is 0.355 e. The highest BCUT2D eigenvalue weighted by Gasteiger charge is 2.05. The van der Waals surface area contributed by atoms with Crippen LogP contribution in [0.15, 0.2) is 102 Å². The number of allylic oxidation sites excluding steroid dienone is 5. The number of anilines is 1. The van der Waals surface area contributed by atoms with Gasteiger partial charge in [-0.3, -0.25) is 0 Å². The standard InChI is InChI=1S/C23H25N/c1-5-11-22(18(4)6-2)23(7-3)24-21-16-14-20(15-17-21)19-12-9-8-10-13-19/h5-17,24H,2H2,1,3-4H3/b11-5-,22-18+,23-7+. The quantitative estimate of drug-likeness (QED) is 0.581. The van der Waals surface area contributed by atoms with Gasteiger partial charge < -0.3 is 5.32 Å². The molecule has 0 fully saturated rings. The summed E-state index contributed by atoms with van der Waals surface area (Å²) >= 11 is 0. The second-order valence-electron chi connectivity index (χ2n) is 5.57. The molecule has 0 saturated carbocycles. The fraction of sp³-hybridized carbons (Fsp3) is 0.130. The van der Waals surface area contributed by atoms with Gasteiger partial charge in [0.05, 0.1) is 0 Å². The summed E-state index contributed by atoms with van der Waals surface area (Å²) in [5, 5.41) is 3.51. The maximum atomic E-state index is 3.89. The molecule has 0 bridgehead atoms. The van der Waals surface area contributed by atoms with Crippen LogP contribution in [0, 0.1) is 0 Å². The first-order chi connectivity index (χ1) is 11.7. The third-order valence-electron chi connectivity index (χ3n) is 3.91. The summed E-state index contributed by atoms with van der Waals surface area (Å²) in [6, 6.07) is 18.9. The third-order valence-corrected chi connectivity index (χ3v) is 3.91. The number of rotatable bonds is 6. The molecule has 0 heterocycles. The Hall–Kier alpha value is -2.80. The number of hydrogen-bond donors (Lipinski definition) is 1. The summed E-state index contributed by atoms with van der Waals surface area (Å²) in [6.07, 6.45) is 8.14. The first kappa shape index (κ1) is 17.6. The minimum Gasteiger partial charge on any atom is -0.355 e. The van der Waals surface area contributed by atoms with Crippen LogP contribution in [0.3, 0.4) is 0 Å². The fourth-order valence-corrected chi connectivity index (χ4v) is 2.54. The SMILES string of the molecule is C=C/C(C)=C(\C=C/C)C(=C\C)/Nc1ccc(-c2ccccc2)cc1. The first-order valence-electron chi connectivity index (χ1n) is 8.24. The molecule has 0 spiro atoms. The van der Waals surface area contributed by atoms with E-state index in [0.29, 0.717) is 0 Å². The van der Waals surface area contributed by atoms with Crippen LogP contribution in [0.2, 0.25) is 0 Å². The van der Waals surface area contributed by atoms with Gasteiger partial charge >= 0.3 is 0 Å². The molecule has 122 valence electrons. The fourth-order valence-electron chi connectivity index (χ4n) is 2.54. The van der Waals surface area contributed by atoms with E-state index in [9.17, 15) is 0 Å². The number of benzene rings is 2. The molecule has 0 aromatic heterocycles. The summed E-state index contributed by atoms with van der Waals surface area (Å²) in [4.78, 5) is 0. The summed E-state index contributed by atoms with van der Waals surface area (Å²) in [7, 11) is 0. The van der Waals surface area contributed by atoms with Crippen LogP contribution in [-0.4, -0.2) is 0 Å². The van der Waals surface area contributed by atoms with Gasteiger partial charge in [0, 0.05) is 17.0 Å². The van der Waals surface area contributed by atoms with Crippen LogP contribution >= 0.6 is 0 Å². The van der Waals surface area contributed by atoms with E-state index in [0.717, 1.165) is 22.5 Å². The maximum absolute atomic E-state index is 3.89. The molecule has 2 aromatic rings. The van der Waals surface area contributed by atoms with Crippen LogP contribution < -0.4 is 5.32 Å². The molecule has 0 aliphatic heterocycles. The Bertz CT molecular complexity index is 759. The third kappa shape index (κ3) is 4.36. The van der Waals surface area contributed by atoms with Crippen LogP contribution in [0.5, 0.6) is 0 Å². The van der Waals surface area contributed by atoms with E-state index >= 15 is 0 Å². The zero-order chi connectivity index (χ0) is 17.4. The van der Waals surface area contributed by atoms with Crippen LogP contribution in [-0.2, 0) is 0 Å². The molecule has 1 N–H and O–H groups in total. The van der Waals surface area contributed by atoms with E-state index in [2.05, 4.69) is 79.5 Å². The minimum absolute atomic E-state index is 1.07. The molecule has 0 unspecified atom stereocenters. The van der Waals surface area contributed by atoms with Gasteiger partial charge in [-0.05, 0) is 49.6 Å². The van der Waals surface area contributed by atoms with Crippen molar-refractivity contribution in [3.8, 4) is 11.1 Å². The van der Waals surface area contributed by atoms with Crippen molar-refractivity contribution in [2.75, 3.05) is 5.32 Å². The van der Waals surface area contributed by atoms with Crippen molar-refractivity contribution in [2.24, 2.45) is 0 Å². The van der Waals surface area contributed by atoms with Gasteiger partial charge in [-0.25, -0.2) is 0 Å². The van der Waals surface area contributed by atoms with Crippen LogP contribution in [0.1, 0.15) is 20.8 Å². The van der Waals surface area contributed by atoms with Gasteiger partial charge in [0.15, 0.2) is 0 Å². The monoisotopic (exact) mass is 315 g/mol. The van der Waals surface area contributed by atoms with Crippen molar-refractivity contribution in [2.45, 2.75) is 20.8 Å². The van der Waals surface area contributed by atoms with Gasteiger partial charge in [-0.1, -0.05) is 73.3 Å². The minimum atomic E-state index is 1.07. The second-order valence-corrected chi connectivity index (χ2v) is 5.57. The lowest BCUT2D eigenvalue weighted by Crippen LogP contribution is -2.03. The normalized spacial score (nSPS) is 12.9. The highest BCUT2D eigenvalue weighted by atomic mass is 14.9. The van der Waals surface area contributed by atoms with E-state index in [1.54, 1.807) is 0 Å². The lowest BCUT2D eigenvalue weighted by molar-refractivity contribution is 1.32. The highest BCUT2D eigenvalue weighted by Crippen LogP contribution is 2.24. The Balaban J connectivity index is 2.25. The van der Waals surface area contributed by atoms with E-state index in [-0.39, 0.29) is 0 Å². The van der Waals surface area contributed by atoms with Crippen molar-refractivity contribution in [3.05, 3.63) is 102 Å². The topological polar surface area (TPSA) is 12.0 Å².